The lowest BCUT2D eigenvalue weighted by atomic mass is 9.87. The quantitative estimate of drug-likeness (QED) is 0.375. The molecular formula is C32H45FN2O2. The van der Waals surface area contributed by atoms with Gasteiger partial charge in [0.1, 0.15) is 11.4 Å². The second kappa shape index (κ2) is 12.4. The summed E-state index contributed by atoms with van der Waals surface area (Å²) < 4.78 is 18.8. The molecule has 202 valence electrons. The molecule has 0 aromatic heterocycles. The lowest BCUT2D eigenvalue weighted by Crippen LogP contribution is -2.40. The third-order valence-electron chi connectivity index (χ3n) is 8.32. The van der Waals surface area contributed by atoms with Gasteiger partial charge >= 0.3 is 6.09 Å². The zero-order valence-corrected chi connectivity index (χ0v) is 23.2. The second-order valence-electron chi connectivity index (χ2n) is 12.3. The first-order chi connectivity index (χ1) is 17.7. The maximum atomic E-state index is 13.1. The maximum absolute atomic E-state index is 13.1. The van der Waals surface area contributed by atoms with Crippen LogP contribution in [0, 0.1) is 17.7 Å². The van der Waals surface area contributed by atoms with E-state index in [-0.39, 0.29) is 18.0 Å². The molecule has 4 rings (SSSR count). The number of hydrogen-bond acceptors (Lipinski definition) is 3. The van der Waals surface area contributed by atoms with Crippen LogP contribution in [0.2, 0.25) is 0 Å². The highest BCUT2D eigenvalue weighted by atomic mass is 19.1. The number of ether oxygens (including phenoxy) is 1. The number of hydrogen-bond donors (Lipinski definition) is 0. The largest absolute Gasteiger partial charge is 0.444 e. The van der Waals surface area contributed by atoms with Gasteiger partial charge in [-0.15, -0.1) is 0 Å². The molecule has 4 nitrogen and oxygen atoms in total. The summed E-state index contributed by atoms with van der Waals surface area (Å²) >= 11 is 0. The molecule has 0 unspecified atom stereocenters. The molecule has 37 heavy (non-hydrogen) atoms. The molecule has 2 aromatic carbocycles. The van der Waals surface area contributed by atoms with Crippen molar-refractivity contribution in [2.24, 2.45) is 11.8 Å². The normalized spacial score (nSPS) is 23.2. The monoisotopic (exact) mass is 508 g/mol. The Kier molecular flexibility index (Phi) is 9.28. The molecule has 1 saturated heterocycles. The average Bonchev–Trinajstić information content (AvgIpc) is 3.29. The van der Waals surface area contributed by atoms with Gasteiger partial charge in [0.05, 0.1) is 0 Å². The van der Waals surface area contributed by atoms with Crippen LogP contribution < -0.4 is 0 Å². The van der Waals surface area contributed by atoms with Crippen molar-refractivity contribution in [1.29, 1.82) is 0 Å². The fourth-order valence-electron chi connectivity index (χ4n) is 6.24. The number of aryl methyl sites for hydroxylation is 1. The van der Waals surface area contributed by atoms with Crippen molar-refractivity contribution in [2.75, 3.05) is 26.7 Å². The van der Waals surface area contributed by atoms with E-state index in [1.807, 2.05) is 44.9 Å². The fourth-order valence-corrected chi connectivity index (χ4v) is 6.24. The molecule has 0 radical (unpaired) electrons. The molecule has 1 aliphatic heterocycles. The van der Waals surface area contributed by atoms with Crippen molar-refractivity contribution >= 4 is 6.09 Å². The first-order valence-corrected chi connectivity index (χ1v) is 14.2. The van der Waals surface area contributed by atoms with E-state index in [2.05, 4.69) is 35.2 Å². The summed E-state index contributed by atoms with van der Waals surface area (Å²) in [5, 5.41) is 0. The molecule has 3 atom stereocenters. The number of carbonyl (C=O) groups excluding carboxylic acids is 1. The molecule has 2 fully saturated rings. The zero-order valence-electron chi connectivity index (χ0n) is 23.2. The van der Waals surface area contributed by atoms with Crippen LogP contribution in [-0.4, -0.2) is 54.2 Å². The summed E-state index contributed by atoms with van der Waals surface area (Å²) in [6.07, 6.45) is 7.77. The van der Waals surface area contributed by atoms with Crippen molar-refractivity contribution < 1.29 is 13.9 Å². The van der Waals surface area contributed by atoms with E-state index in [4.69, 9.17) is 4.74 Å². The summed E-state index contributed by atoms with van der Waals surface area (Å²) in [6.45, 7) is 9.19. The van der Waals surface area contributed by atoms with Crippen LogP contribution in [0.1, 0.15) is 76.3 Å². The van der Waals surface area contributed by atoms with E-state index >= 15 is 0 Å². The zero-order chi connectivity index (χ0) is 26.4. The summed E-state index contributed by atoms with van der Waals surface area (Å²) in [5.74, 6) is 1.63. The van der Waals surface area contributed by atoms with Gasteiger partial charge in [-0.05, 0) is 113 Å². The molecule has 1 heterocycles. The van der Waals surface area contributed by atoms with Gasteiger partial charge in [0, 0.05) is 19.6 Å². The van der Waals surface area contributed by atoms with Gasteiger partial charge in [0.25, 0.3) is 0 Å². The molecule has 0 N–H and O–H groups in total. The van der Waals surface area contributed by atoms with Gasteiger partial charge in [0.15, 0.2) is 0 Å². The van der Waals surface area contributed by atoms with E-state index < -0.39 is 5.60 Å². The van der Waals surface area contributed by atoms with Crippen LogP contribution in [0.3, 0.4) is 0 Å². The van der Waals surface area contributed by atoms with E-state index in [1.54, 1.807) is 12.1 Å². The molecule has 2 aliphatic rings. The molecule has 0 spiro atoms. The van der Waals surface area contributed by atoms with Crippen LogP contribution in [0.5, 0.6) is 0 Å². The van der Waals surface area contributed by atoms with Crippen molar-refractivity contribution in [3.8, 4) is 0 Å². The second-order valence-corrected chi connectivity index (χ2v) is 12.3. The number of carbonyl (C=O) groups is 1. The maximum Gasteiger partial charge on any atom is 0.410 e. The molecule has 0 bridgehead atoms. The van der Waals surface area contributed by atoms with E-state index in [0.29, 0.717) is 11.8 Å². The van der Waals surface area contributed by atoms with Gasteiger partial charge < -0.3 is 14.5 Å². The summed E-state index contributed by atoms with van der Waals surface area (Å²) in [6, 6.07) is 18.0. The van der Waals surface area contributed by atoms with E-state index in [9.17, 15) is 9.18 Å². The molecule has 1 amide bonds. The highest BCUT2D eigenvalue weighted by molar-refractivity contribution is 5.68. The number of piperidine rings is 1. The van der Waals surface area contributed by atoms with Crippen molar-refractivity contribution in [3.05, 3.63) is 71.5 Å². The van der Waals surface area contributed by atoms with Crippen LogP contribution in [0.25, 0.3) is 0 Å². The number of amides is 1. The Morgan fingerprint density at radius 3 is 2.35 bits per heavy atom. The lowest BCUT2D eigenvalue weighted by Gasteiger charge is -2.35. The highest BCUT2D eigenvalue weighted by Gasteiger charge is 2.40. The van der Waals surface area contributed by atoms with Gasteiger partial charge in [-0.2, -0.15) is 0 Å². The third-order valence-corrected chi connectivity index (χ3v) is 8.32. The number of nitrogens with zero attached hydrogens (tertiary/aromatic N) is 2. The van der Waals surface area contributed by atoms with Gasteiger partial charge in [-0.3, -0.25) is 0 Å². The smallest absolute Gasteiger partial charge is 0.410 e. The van der Waals surface area contributed by atoms with Crippen LogP contribution in [0.15, 0.2) is 54.6 Å². The van der Waals surface area contributed by atoms with E-state index in [1.165, 1.54) is 36.8 Å². The predicted octanol–water partition coefficient (Wildman–Crippen LogP) is 7.29. The average molecular weight is 509 g/mol. The Labute approximate surface area is 223 Å². The van der Waals surface area contributed by atoms with Crippen LogP contribution >= 0.6 is 0 Å². The molecule has 2 aromatic rings. The Bertz CT molecular complexity index is 980. The number of benzene rings is 2. The topological polar surface area (TPSA) is 32.8 Å². The minimum Gasteiger partial charge on any atom is -0.444 e. The minimum atomic E-state index is -0.481. The summed E-state index contributed by atoms with van der Waals surface area (Å²) in [7, 11) is 1.90. The Morgan fingerprint density at radius 1 is 1.03 bits per heavy atom. The molecule has 1 saturated carbocycles. The number of likely N-dealkylation sites (tertiary alicyclic amines) is 1. The number of halogens is 1. The van der Waals surface area contributed by atoms with Crippen LogP contribution in [0.4, 0.5) is 9.18 Å². The van der Waals surface area contributed by atoms with Crippen molar-refractivity contribution in [2.45, 2.75) is 83.3 Å². The molecular weight excluding hydrogens is 463 g/mol. The summed E-state index contributed by atoms with van der Waals surface area (Å²) in [4.78, 5) is 17.3. The standard InChI is InChI=1S/C32H45FN2O2/c1-32(2,3)37-31(36)34(4)29-21-27(30(22-29)26-11-6-5-7-12-26)23-35-19-17-25(18-20-35)10-8-9-24-13-15-28(33)16-14-24/h5-7,11-16,25,27,29-30H,8-10,17-23H2,1-4H3/t27-,29+,30-/m0/s1. The van der Waals surface area contributed by atoms with Gasteiger partial charge in [-0.25, -0.2) is 9.18 Å². The van der Waals surface area contributed by atoms with E-state index in [0.717, 1.165) is 44.8 Å². The highest BCUT2D eigenvalue weighted by Crippen LogP contribution is 2.42. The molecule has 1 aliphatic carbocycles. The SMILES string of the molecule is CN(C(=O)OC(C)(C)C)[C@@H]1C[C@@H](CN2CCC(CCCc3ccc(F)cc3)CC2)[C@H](c2ccccc2)C1. The van der Waals surface area contributed by atoms with Crippen LogP contribution in [-0.2, 0) is 11.2 Å². The Balaban J connectivity index is 1.29. The lowest BCUT2D eigenvalue weighted by molar-refractivity contribution is 0.0221. The van der Waals surface area contributed by atoms with Crippen molar-refractivity contribution in [3.63, 3.8) is 0 Å². The Morgan fingerprint density at radius 2 is 1.70 bits per heavy atom. The van der Waals surface area contributed by atoms with Gasteiger partial charge in [0.2, 0.25) is 0 Å². The first kappa shape index (κ1) is 27.6. The predicted molar refractivity (Wildman–Crippen MR) is 148 cm³/mol. The summed E-state index contributed by atoms with van der Waals surface area (Å²) in [5.41, 5.74) is 2.15. The minimum absolute atomic E-state index is 0.157. The Hall–Kier alpha value is -2.40. The fraction of sp³-hybridized carbons (Fsp3) is 0.594. The third kappa shape index (κ3) is 8.04. The number of rotatable bonds is 8. The van der Waals surface area contributed by atoms with Gasteiger partial charge in [-0.1, -0.05) is 48.9 Å². The molecule has 5 heteroatoms. The first-order valence-electron chi connectivity index (χ1n) is 14.2. The van der Waals surface area contributed by atoms with Crippen molar-refractivity contribution in [1.82, 2.24) is 9.80 Å².